The molecule has 0 spiro atoms. The second-order valence-corrected chi connectivity index (χ2v) is 4.57. The molecule has 0 aliphatic carbocycles. The minimum Gasteiger partial charge on any atom is -0.396 e. The van der Waals surface area contributed by atoms with Crippen LogP contribution < -0.4 is 0 Å². The Morgan fingerprint density at radius 1 is 1.25 bits per heavy atom. The van der Waals surface area contributed by atoms with Gasteiger partial charge in [0.25, 0.3) is 0 Å². The van der Waals surface area contributed by atoms with Crippen LogP contribution in [0.5, 0.6) is 0 Å². The molecule has 0 amide bonds. The Bertz CT molecular complexity index is 85.9. The van der Waals surface area contributed by atoms with Gasteiger partial charge in [0.2, 0.25) is 0 Å². The van der Waals surface area contributed by atoms with Crippen molar-refractivity contribution in [1.29, 1.82) is 0 Å². The molecule has 1 nitrogen and oxygen atoms in total. The van der Waals surface area contributed by atoms with Gasteiger partial charge in [-0.1, -0.05) is 20.3 Å². The van der Waals surface area contributed by atoms with Gasteiger partial charge in [0, 0.05) is 6.61 Å². The van der Waals surface area contributed by atoms with Gasteiger partial charge in [-0.3, -0.25) is 0 Å². The second-order valence-electron chi connectivity index (χ2n) is 3.18. The van der Waals surface area contributed by atoms with E-state index in [1.54, 1.807) is 0 Å². The summed E-state index contributed by atoms with van der Waals surface area (Å²) in [6.45, 7) is 4.76. The largest absolute Gasteiger partial charge is 0.396 e. The first-order valence-electron chi connectivity index (χ1n) is 5.03. The minimum atomic E-state index is 0.380. The highest BCUT2D eigenvalue weighted by molar-refractivity contribution is 7.99. The Labute approximate surface area is 80.9 Å². The molecule has 0 heterocycles. The van der Waals surface area contributed by atoms with Crippen LogP contribution in [0, 0.1) is 5.92 Å². The van der Waals surface area contributed by atoms with E-state index in [2.05, 4.69) is 13.8 Å². The Balaban J connectivity index is 3.19. The third-order valence-electron chi connectivity index (χ3n) is 2.06. The van der Waals surface area contributed by atoms with Gasteiger partial charge in [-0.15, -0.1) is 0 Å². The van der Waals surface area contributed by atoms with Gasteiger partial charge in [0.15, 0.2) is 0 Å². The molecular formula is C10H22OS. The predicted octanol–water partition coefficient (Wildman–Crippen LogP) is 2.93. The first-order chi connectivity index (χ1) is 5.85. The highest BCUT2D eigenvalue weighted by atomic mass is 32.2. The first-order valence-corrected chi connectivity index (χ1v) is 6.19. The molecule has 0 aromatic carbocycles. The summed E-state index contributed by atoms with van der Waals surface area (Å²) in [6.07, 6.45) is 4.86. The maximum absolute atomic E-state index is 9.01. The van der Waals surface area contributed by atoms with Gasteiger partial charge < -0.3 is 5.11 Å². The molecule has 0 radical (unpaired) electrons. The van der Waals surface area contributed by atoms with E-state index in [1.807, 2.05) is 11.8 Å². The van der Waals surface area contributed by atoms with Gasteiger partial charge >= 0.3 is 0 Å². The third kappa shape index (κ3) is 6.99. The normalized spacial score (nSPS) is 13.2. The molecule has 74 valence electrons. The highest BCUT2D eigenvalue weighted by Gasteiger charge is 2.04. The number of thioether (sulfide) groups is 1. The Morgan fingerprint density at radius 2 is 2.00 bits per heavy atom. The van der Waals surface area contributed by atoms with Crippen LogP contribution in [0.1, 0.15) is 39.5 Å². The van der Waals surface area contributed by atoms with E-state index < -0.39 is 0 Å². The summed E-state index contributed by atoms with van der Waals surface area (Å²) in [7, 11) is 0. The second kappa shape index (κ2) is 9.40. The molecule has 0 saturated carbocycles. The van der Waals surface area contributed by atoms with Crippen LogP contribution in [0.3, 0.4) is 0 Å². The fourth-order valence-corrected chi connectivity index (χ4v) is 2.01. The average molecular weight is 190 g/mol. The smallest absolute Gasteiger partial charge is 0.0459 e. The number of hydrogen-bond donors (Lipinski definition) is 1. The fraction of sp³-hybridized carbons (Fsp3) is 1.00. The molecule has 0 aromatic rings. The lowest BCUT2D eigenvalue weighted by Gasteiger charge is -2.11. The van der Waals surface area contributed by atoms with Crippen molar-refractivity contribution < 1.29 is 5.11 Å². The van der Waals surface area contributed by atoms with Gasteiger partial charge in [-0.25, -0.2) is 0 Å². The summed E-state index contributed by atoms with van der Waals surface area (Å²) >= 11 is 2.00. The van der Waals surface area contributed by atoms with Crippen molar-refractivity contribution in [1.82, 2.24) is 0 Å². The standard InChI is InChI=1S/C10H22OS/c1-3-6-10(9-11)7-5-8-12-4-2/h10-11H,3-9H2,1-2H3. The van der Waals surface area contributed by atoms with Crippen molar-refractivity contribution in [3.05, 3.63) is 0 Å². The lowest BCUT2D eigenvalue weighted by atomic mass is 10.00. The molecule has 1 unspecified atom stereocenters. The Kier molecular flexibility index (Phi) is 9.64. The lowest BCUT2D eigenvalue weighted by molar-refractivity contribution is 0.209. The molecule has 0 aliphatic rings. The summed E-state index contributed by atoms with van der Waals surface area (Å²) in [5.74, 6) is 3.04. The van der Waals surface area contributed by atoms with Crippen molar-refractivity contribution in [2.75, 3.05) is 18.1 Å². The van der Waals surface area contributed by atoms with E-state index in [-0.39, 0.29) is 0 Å². The minimum absolute atomic E-state index is 0.380. The van der Waals surface area contributed by atoms with Gasteiger partial charge in [-0.2, -0.15) is 11.8 Å². The van der Waals surface area contributed by atoms with Crippen molar-refractivity contribution in [2.24, 2.45) is 5.92 Å². The molecule has 0 saturated heterocycles. The van der Waals surface area contributed by atoms with E-state index in [1.165, 1.54) is 37.2 Å². The topological polar surface area (TPSA) is 20.2 Å². The number of aliphatic hydroxyl groups is 1. The van der Waals surface area contributed by atoms with E-state index in [0.717, 1.165) is 0 Å². The Hall–Kier alpha value is 0.310. The van der Waals surface area contributed by atoms with Crippen molar-refractivity contribution in [3.8, 4) is 0 Å². The predicted molar refractivity (Wildman–Crippen MR) is 57.7 cm³/mol. The summed E-state index contributed by atoms with van der Waals surface area (Å²) in [5, 5.41) is 9.01. The van der Waals surface area contributed by atoms with Gasteiger partial charge in [0.1, 0.15) is 0 Å². The quantitative estimate of drug-likeness (QED) is 0.594. The zero-order chi connectivity index (χ0) is 9.23. The van der Waals surface area contributed by atoms with Crippen LogP contribution in [-0.2, 0) is 0 Å². The van der Waals surface area contributed by atoms with Crippen molar-refractivity contribution in [2.45, 2.75) is 39.5 Å². The zero-order valence-electron chi connectivity index (χ0n) is 8.38. The lowest BCUT2D eigenvalue weighted by Crippen LogP contribution is -2.05. The zero-order valence-corrected chi connectivity index (χ0v) is 9.20. The van der Waals surface area contributed by atoms with Crippen LogP contribution in [0.4, 0.5) is 0 Å². The SMILES string of the molecule is CCCC(CO)CCCSCC. The van der Waals surface area contributed by atoms with Crippen LogP contribution in [-0.4, -0.2) is 23.2 Å². The summed E-state index contributed by atoms with van der Waals surface area (Å²) in [6, 6.07) is 0. The van der Waals surface area contributed by atoms with Crippen molar-refractivity contribution in [3.63, 3.8) is 0 Å². The highest BCUT2D eigenvalue weighted by Crippen LogP contribution is 2.14. The number of aliphatic hydroxyl groups excluding tert-OH is 1. The molecule has 0 aromatic heterocycles. The molecule has 2 heteroatoms. The average Bonchev–Trinajstić information content (AvgIpc) is 2.10. The van der Waals surface area contributed by atoms with Crippen molar-refractivity contribution >= 4 is 11.8 Å². The van der Waals surface area contributed by atoms with Gasteiger partial charge in [-0.05, 0) is 36.7 Å². The Morgan fingerprint density at radius 3 is 2.50 bits per heavy atom. The molecule has 0 bridgehead atoms. The van der Waals surface area contributed by atoms with Crippen LogP contribution >= 0.6 is 11.8 Å². The fourth-order valence-electron chi connectivity index (χ4n) is 1.35. The molecule has 1 N–H and O–H groups in total. The van der Waals surface area contributed by atoms with E-state index >= 15 is 0 Å². The van der Waals surface area contributed by atoms with E-state index in [9.17, 15) is 0 Å². The monoisotopic (exact) mass is 190 g/mol. The van der Waals surface area contributed by atoms with Crippen LogP contribution in [0.25, 0.3) is 0 Å². The van der Waals surface area contributed by atoms with E-state index in [4.69, 9.17) is 5.11 Å². The van der Waals surface area contributed by atoms with Crippen LogP contribution in [0.2, 0.25) is 0 Å². The third-order valence-corrected chi connectivity index (χ3v) is 3.05. The van der Waals surface area contributed by atoms with Crippen LogP contribution in [0.15, 0.2) is 0 Å². The maximum atomic E-state index is 9.01. The van der Waals surface area contributed by atoms with E-state index in [0.29, 0.717) is 12.5 Å². The number of hydrogen-bond acceptors (Lipinski definition) is 2. The molecule has 1 atom stereocenters. The van der Waals surface area contributed by atoms with Gasteiger partial charge in [0.05, 0.1) is 0 Å². The summed E-state index contributed by atoms with van der Waals surface area (Å²) < 4.78 is 0. The summed E-state index contributed by atoms with van der Waals surface area (Å²) in [4.78, 5) is 0. The molecular weight excluding hydrogens is 168 g/mol. The maximum Gasteiger partial charge on any atom is 0.0459 e. The first kappa shape index (κ1) is 12.3. The molecule has 0 rings (SSSR count). The number of rotatable bonds is 8. The molecule has 12 heavy (non-hydrogen) atoms. The summed E-state index contributed by atoms with van der Waals surface area (Å²) in [5.41, 5.74) is 0. The molecule has 0 fully saturated rings. The molecule has 0 aliphatic heterocycles.